The van der Waals surface area contributed by atoms with Gasteiger partial charge in [0, 0.05) is 6.04 Å². The van der Waals surface area contributed by atoms with Gasteiger partial charge in [0.1, 0.15) is 0 Å². The summed E-state index contributed by atoms with van der Waals surface area (Å²) in [6.07, 6.45) is 3.93. The molecule has 0 saturated carbocycles. The van der Waals surface area contributed by atoms with Gasteiger partial charge in [-0.25, -0.2) is 13.1 Å². The fourth-order valence-corrected chi connectivity index (χ4v) is 5.47. The predicted molar refractivity (Wildman–Crippen MR) is 109 cm³/mol. The van der Waals surface area contributed by atoms with Gasteiger partial charge >= 0.3 is 0 Å². The van der Waals surface area contributed by atoms with Crippen molar-refractivity contribution >= 4 is 29.4 Å². The van der Waals surface area contributed by atoms with Gasteiger partial charge in [-0.3, -0.25) is 0 Å². The Hall–Kier alpha value is -1.69. The van der Waals surface area contributed by atoms with Gasteiger partial charge in [-0.1, -0.05) is 78.9 Å². The lowest BCUT2D eigenvalue weighted by Gasteiger charge is -2.19. The topological polar surface area (TPSA) is 46.2 Å². The predicted octanol–water partition coefficient (Wildman–Crippen LogP) is 3.92. The Balaban J connectivity index is 2.16. The molecule has 0 aliphatic carbocycles. The van der Waals surface area contributed by atoms with Crippen molar-refractivity contribution in [1.82, 2.24) is 4.72 Å². The van der Waals surface area contributed by atoms with Crippen molar-refractivity contribution in [2.75, 3.05) is 0 Å². The summed E-state index contributed by atoms with van der Waals surface area (Å²) in [5, 5.41) is 1.37. The van der Waals surface area contributed by atoms with Gasteiger partial charge < -0.3 is 0 Å². The molecule has 0 fully saturated rings. The van der Waals surface area contributed by atoms with Crippen LogP contribution >= 0.6 is 0 Å². The molecule has 134 valence electrons. The summed E-state index contributed by atoms with van der Waals surface area (Å²) in [5.74, 6) is 0. The van der Waals surface area contributed by atoms with Crippen LogP contribution in [0.5, 0.6) is 0 Å². The Morgan fingerprint density at radius 3 is 2.20 bits per heavy atom. The number of rotatable bonds is 6. The molecule has 0 amide bonds. The molecule has 2 aromatic rings. The molecule has 0 spiro atoms. The molecule has 2 aromatic carbocycles. The van der Waals surface area contributed by atoms with E-state index in [4.69, 9.17) is 0 Å². The Morgan fingerprint density at radius 2 is 1.60 bits per heavy atom. The monoisotopic (exact) mass is 373 g/mol. The first-order chi connectivity index (χ1) is 11.6. The number of aryl methyl sites for hydroxylation is 1. The molecule has 0 radical (unpaired) electrons. The number of sulfonamides is 1. The number of hydrogen-bond acceptors (Lipinski definition) is 2. The fourth-order valence-electron chi connectivity index (χ4n) is 2.64. The van der Waals surface area contributed by atoms with Crippen molar-refractivity contribution in [3.8, 4) is 0 Å². The standard InChI is InChI=1S/C20H27NO2SSi/c1-16-10-14-19(15-11-16)24(22,23)21-17(2)12-13-18-8-6-7-9-20(18)25(3,4)5/h6-15,17,21H,1-5H3/b13-12+. The molecule has 3 nitrogen and oxygen atoms in total. The van der Waals surface area contributed by atoms with Crippen molar-refractivity contribution in [3.63, 3.8) is 0 Å². The lowest BCUT2D eigenvalue weighted by molar-refractivity contribution is 0.576. The van der Waals surface area contributed by atoms with Crippen LogP contribution in [0.3, 0.4) is 0 Å². The second kappa shape index (κ2) is 7.68. The van der Waals surface area contributed by atoms with Crippen LogP contribution in [0.1, 0.15) is 18.1 Å². The minimum Gasteiger partial charge on any atom is -0.207 e. The molecule has 0 aliphatic rings. The molecule has 0 saturated heterocycles. The maximum Gasteiger partial charge on any atom is 0.241 e. The Bertz CT molecular complexity index is 850. The molecular formula is C20H27NO2SSi. The first-order valence-corrected chi connectivity index (χ1v) is 13.4. The quantitative estimate of drug-likeness (QED) is 0.780. The summed E-state index contributed by atoms with van der Waals surface area (Å²) in [6, 6.07) is 14.9. The van der Waals surface area contributed by atoms with Gasteiger partial charge in [-0.15, -0.1) is 0 Å². The van der Waals surface area contributed by atoms with Crippen molar-refractivity contribution in [2.45, 2.75) is 44.4 Å². The molecule has 0 aliphatic heterocycles. The minimum absolute atomic E-state index is 0.291. The number of nitrogens with one attached hydrogen (secondary N) is 1. The highest BCUT2D eigenvalue weighted by Gasteiger charge is 2.19. The smallest absolute Gasteiger partial charge is 0.207 e. The summed E-state index contributed by atoms with van der Waals surface area (Å²) >= 11 is 0. The van der Waals surface area contributed by atoms with Crippen LogP contribution in [0.4, 0.5) is 0 Å². The van der Waals surface area contributed by atoms with E-state index in [1.165, 1.54) is 10.8 Å². The normalized spacial score (nSPS) is 14.0. The second-order valence-electron chi connectivity index (χ2n) is 7.42. The molecular weight excluding hydrogens is 346 g/mol. The molecule has 1 N–H and O–H groups in total. The largest absolute Gasteiger partial charge is 0.241 e. The summed E-state index contributed by atoms with van der Waals surface area (Å²) in [7, 11) is -4.96. The molecule has 5 heteroatoms. The van der Waals surface area contributed by atoms with E-state index < -0.39 is 18.1 Å². The van der Waals surface area contributed by atoms with Gasteiger partial charge in [0.15, 0.2) is 0 Å². The van der Waals surface area contributed by atoms with E-state index in [0.29, 0.717) is 4.90 Å². The van der Waals surface area contributed by atoms with Crippen LogP contribution < -0.4 is 9.91 Å². The molecule has 1 atom stereocenters. The number of benzene rings is 2. The average molecular weight is 374 g/mol. The summed E-state index contributed by atoms with van der Waals surface area (Å²) in [6.45, 7) is 10.7. The van der Waals surface area contributed by atoms with E-state index in [9.17, 15) is 8.42 Å². The molecule has 25 heavy (non-hydrogen) atoms. The van der Waals surface area contributed by atoms with E-state index >= 15 is 0 Å². The van der Waals surface area contributed by atoms with E-state index in [-0.39, 0.29) is 6.04 Å². The lowest BCUT2D eigenvalue weighted by atomic mass is 10.2. The van der Waals surface area contributed by atoms with Gasteiger partial charge in [-0.2, -0.15) is 0 Å². The Labute approximate surface area is 152 Å². The van der Waals surface area contributed by atoms with Crippen LogP contribution in [0.25, 0.3) is 6.08 Å². The van der Waals surface area contributed by atoms with Gasteiger partial charge in [0.05, 0.1) is 13.0 Å². The van der Waals surface area contributed by atoms with E-state index in [0.717, 1.165) is 5.56 Å². The molecule has 0 aromatic heterocycles. The maximum atomic E-state index is 12.5. The third-order valence-corrected chi connectivity index (χ3v) is 7.65. The van der Waals surface area contributed by atoms with E-state index in [1.807, 2.05) is 32.1 Å². The first kappa shape index (κ1) is 19.6. The lowest BCUT2D eigenvalue weighted by Crippen LogP contribution is -2.39. The van der Waals surface area contributed by atoms with E-state index in [2.05, 4.69) is 42.6 Å². The zero-order valence-corrected chi connectivity index (χ0v) is 17.4. The van der Waals surface area contributed by atoms with Crippen LogP contribution in [0.15, 0.2) is 59.5 Å². The second-order valence-corrected chi connectivity index (χ2v) is 14.2. The van der Waals surface area contributed by atoms with Gasteiger partial charge in [0.2, 0.25) is 10.0 Å². The SMILES string of the molecule is Cc1ccc(S(=O)(=O)NC(C)/C=C/c2ccccc2[Si](C)(C)C)cc1. The molecule has 0 bridgehead atoms. The van der Waals surface area contributed by atoms with Crippen LogP contribution in [0.2, 0.25) is 19.6 Å². The van der Waals surface area contributed by atoms with Crippen molar-refractivity contribution in [2.24, 2.45) is 0 Å². The van der Waals surface area contributed by atoms with Gasteiger partial charge in [-0.05, 0) is 31.5 Å². The Kier molecular flexibility index (Phi) is 6.03. The molecule has 2 rings (SSSR count). The maximum absolute atomic E-state index is 12.5. The summed E-state index contributed by atoms with van der Waals surface area (Å²) in [5.41, 5.74) is 2.21. The third-order valence-electron chi connectivity index (χ3n) is 4.01. The van der Waals surface area contributed by atoms with Crippen molar-refractivity contribution in [3.05, 3.63) is 65.7 Å². The van der Waals surface area contributed by atoms with Crippen molar-refractivity contribution < 1.29 is 8.42 Å². The highest BCUT2D eigenvalue weighted by atomic mass is 32.2. The zero-order chi connectivity index (χ0) is 18.7. The molecule has 1 unspecified atom stereocenters. The Morgan fingerprint density at radius 1 is 1.00 bits per heavy atom. The van der Waals surface area contributed by atoms with Crippen LogP contribution in [-0.4, -0.2) is 22.5 Å². The van der Waals surface area contributed by atoms with Crippen LogP contribution in [0, 0.1) is 6.92 Å². The van der Waals surface area contributed by atoms with Crippen molar-refractivity contribution in [1.29, 1.82) is 0 Å². The fraction of sp³-hybridized carbons (Fsp3) is 0.300. The summed E-state index contributed by atoms with van der Waals surface area (Å²) in [4.78, 5) is 0.292. The minimum atomic E-state index is -3.51. The van der Waals surface area contributed by atoms with Gasteiger partial charge in [0.25, 0.3) is 0 Å². The first-order valence-electron chi connectivity index (χ1n) is 8.46. The zero-order valence-electron chi connectivity index (χ0n) is 15.6. The highest BCUT2D eigenvalue weighted by Crippen LogP contribution is 2.12. The highest BCUT2D eigenvalue weighted by molar-refractivity contribution is 7.89. The summed E-state index contributed by atoms with van der Waals surface area (Å²) < 4.78 is 27.6. The van der Waals surface area contributed by atoms with Crippen LogP contribution in [-0.2, 0) is 10.0 Å². The van der Waals surface area contributed by atoms with E-state index in [1.54, 1.807) is 24.3 Å². The molecule has 0 heterocycles. The third kappa shape index (κ3) is 5.39. The number of hydrogen-bond donors (Lipinski definition) is 1. The average Bonchev–Trinajstić information content (AvgIpc) is 2.52.